The van der Waals surface area contributed by atoms with Gasteiger partial charge in [0.1, 0.15) is 11.9 Å². The molecule has 1 saturated heterocycles. The number of piperidine rings is 1. The summed E-state index contributed by atoms with van der Waals surface area (Å²) < 4.78 is 8.64. The summed E-state index contributed by atoms with van der Waals surface area (Å²) in [5.41, 5.74) is -0.563. The first-order chi connectivity index (χ1) is 12.3. The fraction of sp³-hybridized carbons (Fsp3) is 0.667. The van der Waals surface area contributed by atoms with Gasteiger partial charge in [-0.05, 0) is 58.4 Å². The molecule has 2 fully saturated rings. The highest BCUT2D eigenvalue weighted by Crippen LogP contribution is 2.36. The van der Waals surface area contributed by atoms with Crippen molar-refractivity contribution in [2.75, 3.05) is 17.8 Å². The standard InChI is InChI=1S/C18H26N4O3S/c1-17(2,3)25-16(24)22-8-6-18(12-23,7-9-22)14-10-19-11-15(20-14)21-26-13-4-5-13/h10-13H,4-9H2,1-3H3,(H,20,21). The van der Waals surface area contributed by atoms with Gasteiger partial charge in [0.2, 0.25) is 0 Å². The Hall–Kier alpha value is -1.83. The van der Waals surface area contributed by atoms with E-state index in [9.17, 15) is 9.59 Å². The average molecular weight is 378 g/mol. The van der Waals surface area contributed by atoms with Gasteiger partial charge < -0.3 is 19.2 Å². The molecule has 1 saturated carbocycles. The van der Waals surface area contributed by atoms with Crippen LogP contribution in [0.5, 0.6) is 0 Å². The fourth-order valence-corrected chi connectivity index (χ4v) is 3.59. The minimum atomic E-state index is -0.701. The van der Waals surface area contributed by atoms with Crippen molar-refractivity contribution in [1.29, 1.82) is 0 Å². The summed E-state index contributed by atoms with van der Waals surface area (Å²) in [5.74, 6) is 0.676. The molecule has 1 aromatic rings. The number of aldehydes is 1. The Morgan fingerprint density at radius 3 is 2.62 bits per heavy atom. The van der Waals surface area contributed by atoms with Crippen LogP contribution in [0.25, 0.3) is 0 Å². The van der Waals surface area contributed by atoms with E-state index in [0.29, 0.717) is 42.7 Å². The minimum absolute atomic E-state index is 0.334. The van der Waals surface area contributed by atoms with E-state index in [1.54, 1.807) is 29.2 Å². The number of rotatable bonds is 5. The smallest absolute Gasteiger partial charge is 0.410 e. The van der Waals surface area contributed by atoms with E-state index < -0.39 is 11.0 Å². The predicted molar refractivity (Wildman–Crippen MR) is 101 cm³/mol. The molecule has 1 aliphatic carbocycles. The second kappa shape index (κ2) is 7.42. The zero-order valence-corrected chi connectivity index (χ0v) is 16.3. The third-order valence-electron chi connectivity index (χ3n) is 4.53. The summed E-state index contributed by atoms with van der Waals surface area (Å²) in [4.78, 5) is 34.7. The number of carbonyl (C=O) groups is 2. The van der Waals surface area contributed by atoms with E-state index in [1.807, 2.05) is 20.8 Å². The molecule has 7 nitrogen and oxygen atoms in total. The van der Waals surface area contributed by atoms with Crippen LogP contribution in [0.4, 0.5) is 10.6 Å². The number of nitrogens with one attached hydrogen (secondary N) is 1. The first kappa shape index (κ1) is 18.9. The lowest BCUT2D eigenvalue weighted by atomic mass is 9.77. The molecule has 1 aromatic heterocycles. The summed E-state index contributed by atoms with van der Waals surface area (Å²) in [6, 6.07) is 0. The van der Waals surface area contributed by atoms with Gasteiger partial charge in [-0.1, -0.05) is 0 Å². The van der Waals surface area contributed by atoms with Crippen LogP contribution < -0.4 is 4.72 Å². The molecule has 1 aliphatic heterocycles. The number of aromatic nitrogens is 2. The topological polar surface area (TPSA) is 84.4 Å². The molecule has 0 bridgehead atoms. The molecule has 142 valence electrons. The first-order valence-electron chi connectivity index (χ1n) is 9.00. The largest absolute Gasteiger partial charge is 0.444 e. The van der Waals surface area contributed by atoms with Crippen molar-refractivity contribution >= 4 is 30.1 Å². The van der Waals surface area contributed by atoms with Gasteiger partial charge in [0.25, 0.3) is 0 Å². The Morgan fingerprint density at radius 1 is 1.35 bits per heavy atom. The Balaban J connectivity index is 1.66. The number of hydrogen-bond acceptors (Lipinski definition) is 7. The molecule has 1 N–H and O–H groups in total. The second-order valence-electron chi connectivity index (χ2n) is 7.95. The predicted octanol–water partition coefficient (Wildman–Crippen LogP) is 3.17. The van der Waals surface area contributed by atoms with Crippen LogP contribution in [-0.4, -0.2) is 51.2 Å². The monoisotopic (exact) mass is 378 g/mol. The lowest BCUT2D eigenvalue weighted by Gasteiger charge is -2.38. The number of hydrogen-bond donors (Lipinski definition) is 1. The zero-order chi connectivity index (χ0) is 18.8. The molecule has 0 radical (unpaired) electrons. The molecule has 2 aliphatic rings. The van der Waals surface area contributed by atoms with Crippen LogP contribution >= 0.6 is 11.9 Å². The fourth-order valence-electron chi connectivity index (χ4n) is 2.83. The van der Waals surface area contributed by atoms with E-state index in [4.69, 9.17) is 4.74 Å². The molecule has 1 amide bonds. The van der Waals surface area contributed by atoms with E-state index in [0.717, 1.165) is 6.29 Å². The van der Waals surface area contributed by atoms with Gasteiger partial charge >= 0.3 is 6.09 Å². The Kier molecular flexibility index (Phi) is 5.41. The van der Waals surface area contributed by atoms with Crippen LogP contribution in [0.15, 0.2) is 12.4 Å². The molecule has 2 heterocycles. The van der Waals surface area contributed by atoms with Crippen molar-refractivity contribution in [3.05, 3.63) is 18.1 Å². The van der Waals surface area contributed by atoms with Gasteiger partial charge in [-0.3, -0.25) is 4.98 Å². The third-order valence-corrected chi connectivity index (χ3v) is 5.66. The number of likely N-dealkylation sites (tertiary alicyclic amines) is 1. The van der Waals surface area contributed by atoms with Gasteiger partial charge in [-0.15, -0.1) is 0 Å². The highest BCUT2D eigenvalue weighted by Gasteiger charge is 2.40. The van der Waals surface area contributed by atoms with Crippen molar-refractivity contribution in [3.8, 4) is 0 Å². The summed E-state index contributed by atoms with van der Waals surface area (Å²) in [6.45, 7) is 6.46. The molecular formula is C18H26N4O3S. The maximum Gasteiger partial charge on any atom is 0.410 e. The Bertz CT molecular complexity index is 665. The number of nitrogens with zero attached hydrogens (tertiary/aromatic N) is 3. The lowest BCUT2D eigenvalue weighted by molar-refractivity contribution is -0.114. The quantitative estimate of drug-likeness (QED) is 0.622. The van der Waals surface area contributed by atoms with Gasteiger partial charge in [0.15, 0.2) is 5.82 Å². The van der Waals surface area contributed by atoms with Crippen LogP contribution in [0.3, 0.4) is 0 Å². The van der Waals surface area contributed by atoms with Crippen LogP contribution in [0.2, 0.25) is 0 Å². The molecule has 0 aromatic carbocycles. The number of ether oxygens (including phenoxy) is 1. The highest BCUT2D eigenvalue weighted by molar-refractivity contribution is 8.01. The third kappa shape index (κ3) is 4.66. The Morgan fingerprint density at radius 2 is 2.04 bits per heavy atom. The minimum Gasteiger partial charge on any atom is -0.444 e. The summed E-state index contributed by atoms with van der Waals surface area (Å²) in [5, 5.41) is 0.651. The van der Waals surface area contributed by atoms with Crippen LogP contribution in [-0.2, 0) is 14.9 Å². The molecule has 3 rings (SSSR count). The van der Waals surface area contributed by atoms with Gasteiger partial charge in [-0.25, -0.2) is 9.78 Å². The normalized spacial score (nSPS) is 19.7. The zero-order valence-electron chi connectivity index (χ0n) is 15.5. The molecule has 26 heavy (non-hydrogen) atoms. The molecule has 0 unspecified atom stereocenters. The number of anilines is 1. The van der Waals surface area contributed by atoms with E-state index >= 15 is 0 Å². The molecular weight excluding hydrogens is 352 g/mol. The van der Waals surface area contributed by atoms with E-state index in [2.05, 4.69) is 14.7 Å². The average Bonchev–Trinajstić information content (AvgIpc) is 3.43. The number of amides is 1. The second-order valence-corrected chi connectivity index (χ2v) is 9.06. The van der Waals surface area contributed by atoms with Gasteiger partial charge in [0.05, 0.1) is 17.3 Å². The highest BCUT2D eigenvalue weighted by atomic mass is 32.2. The molecule has 8 heteroatoms. The SMILES string of the molecule is CC(C)(C)OC(=O)N1CCC(C=O)(c2cncc(NSC3CC3)n2)CC1. The number of carbonyl (C=O) groups excluding carboxylic acids is 2. The maximum atomic E-state index is 12.2. The summed E-state index contributed by atoms with van der Waals surface area (Å²) >= 11 is 1.66. The van der Waals surface area contributed by atoms with Gasteiger partial charge in [0, 0.05) is 24.5 Å². The summed E-state index contributed by atoms with van der Waals surface area (Å²) in [6.07, 6.45) is 7.44. The van der Waals surface area contributed by atoms with E-state index in [-0.39, 0.29) is 6.09 Å². The maximum absolute atomic E-state index is 12.2. The molecule has 0 atom stereocenters. The van der Waals surface area contributed by atoms with Crippen LogP contribution in [0, 0.1) is 0 Å². The van der Waals surface area contributed by atoms with Crippen molar-refractivity contribution in [2.24, 2.45) is 0 Å². The first-order valence-corrected chi connectivity index (χ1v) is 9.88. The van der Waals surface area contributed by atoms with E-state index in [1.165, 1.54) is 12.8 Å². The van der Waals surface area contributed by atoms with Crippen molar-refractivity contribution in [3.63, 3.8) is 0 Å². The molecule has 0 spiro atoms. The van der Waals surface area contributed by atoms with Crippen molar-refractivity contribution in [1.82, 2.24) is 14.9 Å². The lowest BCUT2D eigenvalue weighted by Crippen LogP contribution is -2.47. The van der Waals surface area contributed by atoms with Gasteiger partial charge in [-0.2, -0.15) is 0 Å². The van der Waals surface area contributed by atoms with Crippen LogP contribution in [0.1, 0.15) is 52.1 Å². The van der Waals surface area contributed by atoms with Crippen molar-refractivity contribution in [2.45, 2.75) is 62.7 Å². The van der Waals surface area contributed by atoms with Crippen molar-refractivity contribution < 1.29 is 14.3 Å². The summed E-state index contributed by atoms with van der Waals surface area (Å²) in [7, 11) is 0. The Labute approximate surface area is 158 Å².